The third-order valence-corrected chi connectivity index (χ3v) is 4.57. The molecule has 106 valence electrons. The summed E-state index contributed by atoms with van der Waals surface area (Å²) in [6.07, 6.45) is 0. The van der Waals surface area contributed by atoms with E-state index in [9.17, 15) is 0 Å². The maximum absolute atomic E-state index is 2.26. The number of hydrogen-bond donors (Lipinski definition) is 0. The predicted octanol–water partition coefficient (Wildman–Crippen LogP) is 6.28. The molecule has 0 spiro atoms. The second kappa shape index (κ2) is 4.99. The Bertz CT molecular complexity index is 956. The SMILES string of the molecule is Cc1cccc2c(-c3ccc(C)c4ccccc34)cccc12. The normalized spacial score (nSPS) is 11.2. The van der Waals surface area contributed by atoms with Crippen molar-refractivity contribution in [2.75, 3.05) is 0 Å². The molecule has 0 aromatic heterocycles. The number of rotatable bonds is 1. The Morgan fingerprint density at radius 1 is 0.409 bits per heavy atom. The van der Waals surface area contributed by atoms with Gasteiger partial charge in [0.15, 0.2) is 0 Å². The summed E-state index contributed by atoms with van der Waals surface area (Å²) in [5, 5.41) is 5.34. The topological polar surface area (TPSA) is 0 Å². The first-order valence-corrected chi connectivity index (χ1v) is 7.73. The van der Waals surface area contributed by atoms with Crippen molar-refractivity contribution in [3.8, 4) is 11.1 Å². The second-order valence-electron chi connectivity index (χ2n) is 5.95. The zero-order chi connectivity index (χ0) is 15.1. The number of hydrogen-bond acceptors (Lipinski definition) is 0. The summed E-state index contributed by atoms with van der Waals surface area (Å²) in [6.45, 7) is 4.36. The van der Waals surface area contributed by atoms with Crippen molar-refractivity contribution in [3.63, 3.8) is 0 Å². The predicted molar refractivity (Wildman–Crippen MR) is 96.4 cm³/mol. The minimum Gasteiger partial charge on any atom is -0.0616 e. The third-order valence-electron chi connectivity index (χ3n) is 4.57. The Kier molecular flexibility index (Phi) is 2.97. The van der Waals surface area contributed by atoms with Crippen LogP contribution < -0.4 is 0 Å². The lowest BCUT2D eigenvalue weighted by Gasteiger charge is -2.13. The quantitative estimate of drug-likeness (QED) is 0.385. The highest BCUT2D eigenvalue weighted by atomic mass is 14.1. The first kappa shape index (κ1) is 13.1. The lowest BCUT2D eigenvalue weighted by atomic mass is 9.91. The molecule has 22 heavy (non-hydrogen) atoms. The molecular formula is C22H18. The van der Waals surface area contributed by atoms with Gasteiger partial charge < -0.3 is 0 Å². The van der Waals surface area contributed by atoms with E-state index >= 15 is 0 Å². The van der Waals surface area contributed by atoms with Gasteiger partial charge in [0, 0.05) is 0 Å². The van der Waals surface area contributed by atoms with Crippen molar-refractivity contribution in [2.24, 2.45) is 0 Å². The molecule has 0 heteroatoms. The molecule has 0 fully saturated rings. The van der Waals surface area contributed by atoms with Crippen molar-refractivity contribution < 1.29 is 0 Å². The maximum atomic E-state index is 2.26. The van der Waals surface area contributed by atoms with E-state index in [1.807, 2.05) is 0 Å². The molecule has 0 radical (unpaired) electrons. The zero-order valence-electron chi connectivity index (χ0n) is 12.9. The molecule has 4 aromatic rings. The molecule has 4 aromatic carbocycles. The molecule has 0 nitrogen and oxygen atoms in total. The number of benzene rings is 4. The molecule has 0 unspecified atom stereocenters. The van der Waals surface area contributed by atoms with E-state index in [2.05, 4.69) is 86.6 Å². The van der Waals surface area contributed by atoms with Gasteiger partial charge in [0.1, 0.15) is 0 Å². The minimum absolute atomic E-state index is 1.32. The molecule has 0 aliphatic heterocycles. The molecule has 0 N–H and O–H groups in total. The Morgan fingerprint density at radius 3 is 1.68 bits per heavy atom. The smallest absolute Gasteiger partial charge is 0.00990 e. The van der Waals surface area contributed by atoms with Gasteiger partial charge in [-0.3, -0.25) is 0 Å². The van der Waals surface area contributed by atoms with Gasteiger partial charge in [-0.1, -0.05) is 72.8 Å². The highest BCUT2D eigenvalue weighted by Crippen LogP contribution is 2.35. The molecule has 0 aliphatic rings. The van der Waals surface area contributed by atoms with Crippen LogP contribution in [0.15, 0.2) is 72.8 Å². The van der Waals surface area contributed by atoms with Crippen molar-refractivity contribution >= 4 is 21.5 Å². The standard InChI is InChI=1S/C22H18/c1-15-7-5-11-20-18(15)10-6-12-21(20)22-14-13-16(2)17-8-3-4-9-19(17)22/h3-14H,1-2H3. The summed E-state index contributed by atoms with van der Waals surface area (Å²) in [5.74, 6) is 0. The minimum atomic E-state index is 1.32. The van der Waals surface area contributed by atoms with Crippen molar-refractivity contribution in [1.82, 2.24) is 0 Å². The molecule has 0 amide bonds. The molecule has 0 saturated carbocycles. The fraction of sp³-hybridized carbons (Fsp3) is 0.0909. The Balaban J connectivity index is 2.13. The number of fused-ring (bicyclic) bond motifs is 2. The van der Waals surface area contributed by atoms with Crippen LogP contribution in [0.2, 0.25) is 0 Å². The first-order chi connectivity index (χ1) is 10.8. The number of aryl methyl sites for hydroxylation is 2. The van der Waals surface area contributed by atoms with Crippen molar-refractivity contribution in [1.29, 1.82) is 0 Å². The third kappa shape index (κ3) is 1.92. The molecule has 0 bridgehead atoms. The Morgan fingerprint density at radius 2 is 0.909 bits per heavy atom. The van der Waals surface area contributed by atoms with E-state index in [0.717, 1.165) is 0 Å². The summed E-state index contributed by atoms with van der Waals surface area (Å²) in [6, 6.07) is 26.3. The molecule has 0 heterocycles. The van der Waals surface area contributed by atoms with Gasteiger partial charge in [-0.05, 0) is 57.6 Å². The van der Waals surface area contributed by atoms with Crippen LogP contribution in [0.3, 0.4) is 0 Å². The molecule has 4 rings (SSSR count). The summed E-state index contributed by atoms with van der Waals surface area (Å²) in [5.41, 5.74) is 5.29. The summed E-state index contributed by atoms with van der Waals surface area (Å²) in [4.78, 5) is 0. The van der Waals surface area contributed by atoms with E-state index in [-0.39, 0.29) is 0 Å². The monoisotopic (exact) mass is 282 g/mol. The van der Waals surface area contributed by atoms with Gasteiger partial charge in [-0.25, -0.2) is 0 Å². The average Bonchev–Trinajstić information content (AvgIpc) is 2.56. The van der Waals surface area contributed by atoms with Gasteiger partial charge in [0.05, 0.1) is 0 Å². The second-order valence-corrected chi connectivity index (χ2v) is 5.95. The van der Waals surface area contributed by atoms with Crippen LogP contribution in [0.1, 0.15) is 11.1 Å². The van der Waals surface area contributed by atoms with Crippen LogP contribution in [-0.4, -0.2) is 0 Å². The molecular weight excluding hydrogens is 264 g/mol. The Hall–Kier alpha value is -2.60. The Labute approximate surface area is 131 Å². The fourth-order valence-electron chi connectivity index (χ4n) is 3.39. The lowest BCUT2D eigenvalue weighted by Crippen LogP contribution is -1.87. The van der Waals surface area contributed by atoms with Crippen LogP contribution in [0, 0.1) is 13.8 Å². The van der Waals surface area contributed by atoms with Gasteiger partial charge in [-0.2, -0.15) is 0 Å². The highest BCUT2D eigenvalue weighted by Gasteiger charge is 2.09. The summed E-state index contributed by atoms with van der Waals surface area (Å²) in [7, 11) is 0. The molecule has 0 aliphatic carbocycles. The van der Waals surface area contributed by atoms with Crippen molar-refractivity contribution in [3.05, 3.63) is 83.9 Å². The zero-order valence-corrected chi connectivity index (χ0v) is 12.9. The van der Waals surface area contributed by atoms with Crippen LogP contribution in [0.5, 0.6) is 0 Å². The van der Waals surface area contributed by atoms with Crippen LogP contribution in [0.4, 0.5) is 0 Å². The largest absolute Gasteiger partial charge is 0.0616 e. The molecule has 0 saturated heterocycles. The van der Waals surface area contributed by atoms with Crippen molar-refractivity contribution in [2.45, 2.75) is 13.8 Å². The van der Waals surface area contributed by atoms with Crippen LogP contribution >= 0.6 is 0 Å². The van der Waals surface area contributed by atoms with Gasteiger partial charge in [0.2, 0.25) is 0 Å². The van der Waals surface area contributed by atoms with Crippen LogP contribution in [0.25, 0.3) is 32.7 Å². The van der Waals surface area contributed by atoms with E-state index in [1.165, 1.54) is 43.8 Å². The van der Waals surface area contributed by atoms with Crippen LogP contribution in [-0.2, 0) is 0 Å². The average molecular weight is 282 g/mol. The van der Waals surface area contributed by atoms with E-state index < -0.39 is 0 Å². The highest BCUT2D eigenvalue weighted by molar-refractivity contribution is 6.06. The van der Waals surface area contributed by atoms with E-state index in [4.69, 9.17) is 0 Å². The van der Waals surface area contributed by atoms with Gasteiger partial charge in [-0.15, -0.1) is 0 Å². The van der Waals surface area contributed by atoms with Gasteiger partial charge >= 0.3 is 0 Å². The summed E-state index contributed by atoms with van der Waals surface area (Å²) < 4.78 is 0. The fourth-order valence-corrected chi connectivity index (χ4v) is 3.39. The van der Waals surface area contributed by atoms with E-state index in [0.29, 0.717) is 0 Å². The molecule has 0 atom stereocenters. The first-order valence-electron chi connectivity index (χ1n) is 7.73. The lowest BCUT2D eigenvalue weighted by molar-refractivity contribution is 1.52. The summed E-state index contributed by atoms with van der Waals surface area (Å²) >= 11 is 0. The van der Waals surface area contributed by atoms with Gasteiger partial charge in [0.25, 0.3) is 0 Å². The maximum Gasteiger partial charge on any atom is -0.00990 e. The van der Waals surface area contributed by atoms with E-state index in [1.54, 1.807) is 0 Å².